The van der Waals surface area contributed by atoms with Crippen LogP contribution in [0.15, 0.2) is 18.2 Å². The highest BCUT2D eigenvalue weighted by Crippen LogP contribution is 2.22. The number of benzene rings is 1. The molecular weight excluding hydrogens is 313 g/mol. The Labute approximate surface area is 134 Å². The van der Waals surface area contributed by atoms with Crippen LogP contribution in [-0.2, 0) is 20.7 Å². The Morgan fingerprint density at radius 2 is 1.86 bits per heavy atom. The number of esters is 1. The van der Waals surface area contributed by atoms with Crippen LogP contribution in [0.3, 0.4) is 0 Å². The molecule has 1 aromatic carbocycles. The van der Waals surface area contributed by atoms with Crippen molar-refractivity contribution in [3.8, 4) is 0 Å². The molecule has 1 rings (SSSR count). The first-order valence-corrected chi connectivity index (χ1v) is 7.45. The highest BCUT2D eigenvalue weighted by Gasteiger charge is 2.17. The minimum Gasteiger partial charge on any atom is -0.464 e. The van der Waals surface area contributed by atoms with Gasteiger partial charge in [-0.1, -0.05) is 43.1 Å². The van der Waals surface area contributed by atoms with Crippen LogP contribution < -0.4 is 5.32 Å². The highest BCUT2D eigenvalue weighted by atomic mass is 35.5. The van der Waals surface area contributed by atoms with E-state index in [1.165, 1.54) is 0 Å². The molecule has 0 saturated heterocycles. The van der Waals surface area contributed by atoms with Crippen LogP contribution in [0, 0.1) is 5.92 Å². The summed E-state index contributed by atoms with van der Waals surface area (Å²) in [6.45, 7) is 5.82. The molecule has 1 amide bonds. The van der Waals surface area contributed by atoms with Gasteiger partial charge in [0.15, 0.2) is 0 Å². The smallest absolute Gasteiger partial charge is 0.328 e. The van der Waals surface area contributed by atoms with Crippen LogP contribution in [0.1, 0.15) is 26.3 Å². The summed E-state index contributed by atoms with van der Waals surface area (Å²) in [6, 6.07) is 4.30. The van der Waals surface area contributed by atoms with E-state index in [9.17, 15) is 9.59 Å². The highest BCUT2D eigenvalue weighted by molar-refractivity contribution is 6.42. The average molecular weight is 332 g/mol. The van der Waals surface area contributed by atoms with Gasteiger partial charge in [0.05, 0.1) is 23.1 Å². The molecule has 0 fully saturated rings. The van der Waals surface area contributed by atoms with E-state index in [-0.39, 0.29) is 18.2 Å². The predicted molar refractivity (Wildman–Crippen MR) is 83.6 cm³/mol. The first-order chi connectivity index (χ1) is 9.79. The van der Waals surface area contributed by atoms with E-state index in [4.69, 9.17) is 27.9 Å². The summed E-state index contributed by atoms with van der Waals surface area (Å²) < 4.78 is 5.06. The third-order valence-corrected chi connectivity index (χ3v) is 3.38. The topological polar surface area (TPSA) is 55.4 Å². The normalized spacial score (nSPS) is 12.1. The van der Waals surface area contributed by atoms with Crippen LogP contribution in [-0.4, -0.2) is 24.5 Å². The van der Waals surface area contributed by atoms with Crippen molar-refractivity contribution in [2.45, 2.75) is 33.2 Å². The van der Waals surface area contributed by atoms with E-state index in [0.29, 0.717) is 16.7 Å². The molecule has 116 valence electrons. The number of hydrogen-bond donors (Lipinski definition) is 1. The average Bonchev–Trinajstić information content (AvgIpc) is 2.40. The maximum atomic E-state index is 11.9. The van der Waals surface area contributed by atoms with Crippen LogP contribution in [0.4, 0.5) is 0 Å². The van der Waals surface area contributed by atoms with Gasteiger partial charge in [-0.2, -0.15) is 0 Å². The van der Waals surface area contributed by atoms with Crippen molar-refractivity contribution in [3.63, 3.8) is 0 Å². The third-order valence-electron chi connectivity index (χ3n) is 2.64. The van der Waals surface area contributed by atoms with E-state index in [1.807, 2.05) is 13.8 Å². The molecule has 0 aliphatic rings. The number of rotatable bonds is 6. The molecule has 0 heterocycles. The van der Waals surface area contributed by atoms with Gasteiger partial charge in [0.2, 0.25) is 5.91 Å². The minimum atomic E-state index is -0.681. The number of carbonyl (C=O) groups is 2. The van der Waals surface area contributed by atoms with Gasteiger partial charge in [0.25, 0.3) is 0 Å². The minimum absolute atomic E-state index is 0.124. The molecule has 0 bridgehead atoms. The second kappa shape index (κ2) is 8.25. The summed E-state index contributed by atoms with van der Waals surface area (Å²) in [7, 11) is 0. The fraction of sp³-hybridized carbons (Fsp3) is 0.467. The molecular formula is C15H19Cl2NO3. The Bertz CT molecular complexity index is 518. The standard InChI is InChI=1S/C15H19Cl2NO3/c1-9(2)8-21-15(20)10(3)18-14(19)7-11-4-5-12(16)13(17)6-11/h4-6,9-10H,7-8H2,1-3H3,(H,18,19)/t10-/m0/s1. The van der Waals surface area contributed by atoms with Crippen LogP contribution in [0.25, 0.3) is 0 Å². The Morgan fingerprint density at radius 3 is 2.43 bits per heavy atom. The Morgan fingerprint density at radius 1 is 1.19 bits per heavy atom. The first kappa shape index (κ1) is 17.8. The predicted octanol–water partition coefficient (Wildman–Crippen LogP) is 3.24. The molecule has 0 aliphatic carbocycles. The summed E-state index contributed by atoms with van der Waals surface area (Å²) in [6.07, 6.45) is 0.124. The zero-order chi connectivity index (χ0) is 16.0. The molecule has 0 aliphatic heterocycles. The van der Waals surface area contributed by atoms with Crippen LogP contribution in [0.2, 0.25) is 10.0 Å². The van der Waals surface area contributed by atoms with E-state index >= 15 is 0 Å². The molecule has 6 heteroatoms. The molecule has 4 nitrogen and oxygen atoms in total. The van der Waals surface area contributed by atoms with Gasteiger partial charge >= 0.3 is 5.97 Å². The van der Waals surface area contributed by atoms with Crippen LogP contribution in [0.5, 0.6) is 0 Å². The lowest BCUT2D eigenvalue weighted by Gasteiger charge is -2.14. The van der Waals surface area contributed by atoms with Crippen molar-refractivity contribution in [2.24, 2.45) is 5.92 Å². The monoisotopic (exact) mass is 331 g/mol. The second-order valence-electron chi connectivity index (χ2n) is 5.24. The molecule has 0 radical (unpaired) electrons. The molecule has 0 unspecified atom stereocenters. The van der Waals surface area contributed by atoms with Crippen molar-refractivity contribution in [2.75, 3.05) is 6.61 Å². The summed E-state index contributed by atoms with van der Waals surface area (Å²) in [5.74, 6) is -0.457. The second-order valence-corrected chi connectivity index (χ2v) is 6.05. The largest absolute Gasteiger partial charge is 0.464 e. The number of ether oxygens (including phenoxy) is 1. The van der Waals surface area contributed by atoms with Crippen molar-refractivity contribution in [1.82, 2.24) is 5.32 Å². The summed E-state index contributed by atoms with van der Waals surface area (Å²) in [5.41, 5.74) is 0.727. The Balaban J connectivity index is 2.49. The van der Waals surface area contributed by atoms with Gasteiger partial charge in [0.1, 0.15) is 6.04 Å². The molecule has 21 heavy (non-hydrogen) atoms. The lowest BCUT2D eigenvalue weighted by molar-refractivity contribution is -0.148. The first-order valence-electron chi connectivity index (χ1n) is 6.69. The zero-order valence-electron chi connectivity index (χ0n) is 12.3. The fourth-order valence-electron chi connectivity index (χ4n) is 1.56. The van der Waals surface area contributed by atoms with Gasteiger partial charge in [-0.3, -0.25) is 4.79 Å². The SMILES string of the molecule is CC(C)COC(=O)[C@H](C)NC(=O)Cc1ccc(Cl)c(Cl)c1. The van der Waals surface area contributed by atoms with Crippen molar-refractivity contribution >= 4 is 35.1 Å². The van der Waals surface area contributed by atoms with Gasteiger partial charge in [-0.15, -0.1) is 0 Å². The van der Waals surface area contributed by atoms with E-state index in [0.717, 1.165) is 5.56 Å². The van der Waals surface area contributed by atoms with Gasteiger partial charge in [-0.05, 0) is 30.5 Å². The molecule has 0 aromatic heterocycles. The number of hydrogen-bond acceptors (Lipinski definition) is 3. The maximum absolute atomic E-state index is 11.9. The quantitative estimate of drug-likeness (QED) is 0.814. The molecule has 0 saturated carbocycles. The van der Waals surface area contributed by atoms with Crippen molar-refractivity contribution in [1.29, 1.82) is 0 Å². The third kappa shape index (κ3) is 6.36. The zero-order valence-corrected chi connectivity index (χ0v) is 13.8. The van der Waals surface area contributed by atoms with Crippen molar-refractivity contribution < 1.29 is 14.3 Å². The van der Waals surface area contributed by atoms with Gasteiger partial charge in [-0.25, -0.2) is 4.79 Å². The molecule has 1 atom stereocenters. The lowest BCUT2D eigenvalue weighted by Crippen LogP contribution is -2.40. The van der Waals surface area contributed by atoms with Crippen LogP contribution >= 0.6 is 23.2 Å². The number of halogens is 2. The van der Waals surface area contributed by atoms with Gasteiger partial charge in [0, 0.05) is 0 Å². The molecule has 0 spiro atoms. The summed E-state index contributed by atoms with van der Waals surface area (Å²) in [4.78, 5) is 23.5. The maximum Gasteiger partial charge on any atom is 0.328 e. The van der Waals surface area contributed by atoms with E-state index in [1.54, 1.807) is 25.1 Å². The fourth-order valence-corrected chi connectivity index (χ4v) is 1.88. The Kier molecular flexibility index (Phi) is 6.99. The Hall–Kier alpha value is -1.26. The van der Waals surface area contributed by atoms with Gasteiger partial charge < -0.3 is 10.1 Å². The number of amides is 1. The summed E-state index contributed by atoms with van der Waals surface area (Å²) >= 11 is 11.7. The van der Waals surface area contributed by atoms with E-state index in [2.05, 4.69) is 5.32 Å². The number of nitrogens with one attached hydrogen (secondary N) is 1. The van der Waals surface area contributed by atoms with Crippen molar-refractivity contribution in [3.05, 3.63) is 33.8 Å². The number of carbonyl (C=O) groups excluding carboxylic acids is 2. The molecule has 1 aromatic rings. The lowest BCUT2D eigenvalue weighted by atomic mass is 10.1. The summed E-state index contributed by atoms with van der Waals surface area (Å²) in [5, 5.41) is 3.43. The molecule has 1 N–H and O–H groups in total. The van der Waals surface area contributed by atoms with E-state index < -0.39 is 12.0 Å².